The van der Waals surface area contributed by atoms with E-state index in [1.54, 1.807) is 12.3 Å². The van der Waals surface area contributed by atoms with E-state index in [9.17, 15) is 9.59 Å². The Morgan fingerprint density at radius 2 is 1.94 bits per heavy atom. The fourth-order valence-corrected chi connectivity index (χ4v) is 5.42. The van der Waals surface area contributed by atoms with Gasteiger partial charge in [0.15, 0.2) is 11.5 Å². The number of pyridine rings is 1. The van der Waals surface area contributed by atoms with E-state index in [0.29, 0.717) is 57.4 Å². The topological polar surface area (TPSA) is 76.4 Å². The van der Waals surface area contributed by atoms with E-state index >= 15 is 0 Å². The molecule has 3 aromatic rings. The molecular formula is C25H24N4O4S2. The number of rotatable bonds is 6. The maximum absolute atomic E-state index is 13.6. The van der Waals surface area contributed by atoms with Crippen LogP contribution >= 0.6 is 24.0 Å². The third-order valence-corrected chi connectivity index (χ3v) is 7.43. The molecular weight excluding hydrogens is 484 g/mol. The van der Waals surface area contributed by atoms with Crippen molar-refractivity contribution >= 4 is 51.7 Å². The maximum Gasteiger partial charge on any atom is 0.267 e. The van der Waals surface area contributed by atoms with Gasteiger partial charge in [-0.15, -0.1) is 0 Å². The molecule has 0 aliphatic carbocycles. The SMILES string of the molecule is CCN(CC)c1nc2c(C)cccn2c(=O)c1C=C1SC(=S)N(Cc2ccc3c(c2)OCO3)C1=O. The fourth-order valence-electron chi connectivity index (χ4n) is 4.18. The third-order valence-electron chi connectivity index (χ3n) is 6.05. The first-order chi connectivity index (χ1) is 16.9. The van der Waals surface area contributed by atoms with Crippen LogP contribution in [0, 0.1) is 6.92 Å². The van der Waals surface area contributed by atoms with Crippen LogP contribution in [0.1, 0.15) is 30.5 Å². The number of benzene rings is 1. The van der Waals surface area contributed by atoms with Gasteiger partial charge in [0.2, 0.25) is 6.79 Å². The van der Waals surface area contributed by atoms with Crippen molar-refractivity contribution < 1.29 is 14.3 Å². The second kappa shape index (κ2) is 9.35. The summed E-state index contributed by atoms with van der Waals surface area (Å²) in [6.07, 6.45) is 3.34. The predicted octanol–water partition coefficient (Wildman–Crippen LogP) is 3.98. The Balaban J connectivity index is 1.54. The highest BCUT2D eigenvalue weighted by molar-refractivity contribution is 8.26. The van der Waals surface area contributed by atoms with Crippen molar-refractivity contribution in [3.63, 3.8) is 0 Å². The molecule has 2 aliphatic rings. The summed E-state index contributed by atoms with van der Waals surface area (Å²) in [7, 11) is 0. The third kappa shape index (κ3) is 4.17. The van der Waals surface area contributed by atoms with Crippen LogP contribution in [-0.2, 0) is 11.3 Å². The number of carbonyl (C=O) groups is 1. The minimum Gasteiger partial charge on any atom is -0.454 e. The van der Waals surface area contributed by atoms with Crippen LogP contribution in [-0.4, -0.2) is 44.4 Å². The van der Waals surface area contributed by atoms with Gasteiger partial charge in [-0.2, -0.15) is 0 Å². The fraction of sp³-hybridized carbons (Fsp3) is 0.280. The molecule has 0 radical (unpaired) electrons. The smallest absolute Gasteiger partial charge is 0.267 e. The molecule has 0 N–H and O–H groups in total. The maximum atomic E-state index is 13.6. The number of thioether (sulfide) groups is 1. The van der Waals surface area contributed by atoms with Crippen molar-refractivity contribution in [2.24, 2.45) is 0 Å². The van der Waals surface area contributed by atoms with Gasteiger partial charge < -0.3 is 14.4 Å². The summed E-state index contributed by atoms with van der Waals surface area (Å²) in [5, 5.41) is 0. The molecule has 1 saturated heterocycles. The van der Waals surface area contributed by atoms with E-state index in [1.807, 2.05) is 56.0 Å². The Morgan fingerprint density at radius 3 is 2.71 bits per heavy atom. The Labute approximate surface area is 212 Å². The second-order valence-corrected chi connectivity index (χ2v) is 9.84. The molecule has 0 spiro atoms. The molecule has 35 heavy (non-hydrogen) atoms. The lowest BCUT2D eigenvalue weighted by molar-refractivity contribution is -0.122. The largest absolute Gasteiger partial charge is 0.454 e. The average Bonchev–Trinajstić information content (AvgIpc) is 3.42. The number of aromatic nitrogens is 2. The highest BCUT2D eigenvalue weighted by Gasteiger charge is 2.33. The van der Waals surface area contributed by atoms with Gasteiger partial charge in [-0.1, -0.05) is 36.1 Å². The molecule has 4 heterocycles. The average molecular weight is 509 g/mol. The van der Waals surface area contributed by atoms with Crippen LogP contribution in [0.5, 0.6) is 11.5 Å². The highest BCUT2D eigenvalue weighted by Crippen LogP contribution is 2.37. The van der Waals surface area contributed by atoms with Gasteiger partial charge in [0.25, 0.3) is 11.5 Å². The number of aryl methyl sites for hydroxylation is 1. The number of carbonyl (C=O) groups excluding carboxylic acids is 1. The normalized spacial score (nSPS) is 16.1. The first kappa shape index (κ1) is 23.4. The molecule has 5 rings (SSSR count). The van der Waals surface area contributed by atoms with Crippen molar-refractivity contribution in [1.82, 2.24) is 14.3 Å². The van der Waals surface area contributed by atoms with Gasteiger partial charge in [-0.05, 0) is 56.2 Å². The van der Waals surface area contributed by atoms with Crippen molar-refractivity contribution in [2.75, 3.05) is 24.8 Å². The van der Waals surface area contributed by atoms with Gasteiger partial charge in [-0.25, -0.2) is 4.98 Å². The molecule has 180 valence electrons. The molecule has 1 amide bonds. The summed E-state index contributed by atoms with van der Waals surface area (Å²) in [5.41, 5.74) is 2.53. The Morgan fingerprint density at radius 1 is 1.17 bits per heavy atom. The zero-order valence-corrected chi connectivity index (χ0v) is 21.2. The van der Waals surface area contributed by atoms with Crippen LogP contribution in [0.25, 0.3) is 11.7 Å². The molecule has 2 aromatic heterocycles. The lowest BCUT2D eigenvalue weighted by Crippen LogP contribution is -2.30. The monoisotopic (exact) mass is 508 g/mol. The second-order valence-electron chi connectivity index (χ2n) is 8.17. The Bertz CT molecular complexity index is 1450. The molecule has 2 aliphatic heterocycles. The molecule has 8 nitrogen and oxygen atoms in total. The lowest BCUT2D eigenvalue weighted by Gasteiger charge is -2.22. The molecule has 0 unspecified atom stereocenters. The summed E-state index contributed by atoms with van der Waals surface area (Å²) < 4.78 is 12.8. The minimum absolute atomic E-state index is 0.187. The van der Waals surface area contributed by atoms with Crippen molar-refractivity contribution in [1.29, 1.82) is 0 Å². The Kier molecular flexibility index (Phi) is 6.24. The van der Waals surface area contributed by atoms with Crippen molar-refractivity contribution in [3.05, 3.63) is 68.5 Å². The van der Waals surface area contributed by atoms with E-state index in [2.05, 4.69) is 0 Å². The summed E-state index contributed by atoms with van der Waals surface area (Å²) in [6, 6.07) is 9.30. The number of anilines is 1. The van der Waals surface area contributed by atoms with Gasteiger partial charge >= 0.3 is 0 Å². The van der Waals surface area contributed by atoms with E-state index < -0.39 is 0 Å². The molecule has 0 saturated carbocycles. The van der Waals surface area contributed by atoms with Gasteiger partial charge in [0.1, 0.15) is 15.8 Å². The number of ether oxygens (including phenoxy) is 2. The summed E-state index contributed by atoms with van der Waals surface area (Å²) in [5.74, 6) is 1.66. The minimum atomic E-state index is -0.239. The number of hydrogen-bond acceptors (Lipinski definition) is 8. The quantitative estimate of drug-likeness (QED) is 0.366. The Hall–Kier alpha value is -3.37. The number of nitrogens with zero attached hydrogens (tertiary/aromatic N) is 4. The first-order valence-electron chi connectivity index (χ1n) is 11.3. The van der Waals surface area contributed by atoms with Crippen molar-refractivity contribution in [3.8, 4) is 11.5 Å². The van der Waals surface area contributed by atoms with Crippen LogP contribution in [0.4, 0.5) is 5.82 Å². The summed E-state index contributed by atoms with van der Waals surface area (Å²) in [4.78, 5) is 35.7. The summed E-state index contributed by atoms with van der Waals surface area (Å²) >= 11 is 6.72. The standard InChI is InChI=1S/C25H24N4O4S2/c1-4-27(5-2)22-17(23(30)28-10-6-7-15(3)21(28)26-22)12-20-24(31)29(25(34)35-20)13-16-8-9-18-19(11-16)33-14-32-18/h6-12H,4-5,13-14H2,1-3H3. The number of amides is 1. The van der Waals surface area contributed by atoms with Gasteiger partial charge in [0, 0.05) is 19.3 Å². The van der Waals surface area contributed by atoms with Gasteiger partial charge in [0.05, 0.1) is 17.0 Å². The van der Waals surface area contributed by atoms with E-state index in [1.165, 1.54) is 21.1 Å². The van der Waals surface area contributed by atoms with Crippen LogP contribution in [0.3, 0.4) is 0 Å². The van der Waals surface area contributed by atoms with Crippen molar-refractivity contribution in [2.45, 2.75) is 27.3 Å². The van der Waals surface area contributed by atoms with E-state index in [4.69, 9.17) is 26.7 Å². The van der Waals surface area contributed by atoms with Crippen LogP contribution in [0.2, 0.25) is 0 Å². The zero-order valence-electron chi connectivity index (χ0n) is 19.6. The number of hydrogen-bond donors (Lipinski definition) is 0. The summed E-state index contributed by atoms with van der Waals surface area (Å²) in [6.45, 7) is 7.80. The molecule has 1 aromatic carbocycles. The molecule has 10 heteroatoms. The molecule has 0 atom stereocenters. The zero-order chi connectivity index (χ0) is 24.7. The van der Waals surface area contributed by atoms with Crippen LogP contribution in [0.15, 0.2) is 46.2 Å². The molecule has 1 fully saturated rings. The first-order valence-corrected chi connectivity index (χ1v) is 12.5. The van der Waals surface area contributed by atoms with E-state index in [-0.39, 0.29) is 18.3 Å². The molecule has 0 bridgehead atoms. The van der Waals surface area contributed by atoms with E-state index in [0.717, 1.165) is 11.1 Å². The predicted molar refractivity (Wildman–Crippen MR) is 141 cm³/mol. The highest BCUT2D eigenvalue weighted by atomic mass is 32.2. The lowest BCUT2D eigenvalue weighted by atomic mass is 10.2. The number of thiocarbonyl (C=S) groups is 1. The van der Waals surface area contributed by atoms with Crippen LogP contribution < -0.4 is 19.9 Å². The van der Waals surface area contributed by atoms with Gasteiger partial charge in [-0.3, -0.25) is 18.9 Å². The number of fused-ring (bicyclic) bond motifs is 2.